The molecule has 2 N–H and O–H groups in total. The van der Waals surface area contributed by atoms with Gasteiger partial charge in [0, 0.05) is 6.07 Å². The van der Waals surface area contributed by atoms with Crippen LogP contribution in [0.3, 0.4) is 0 Å². The topological polar surface area (TPSA) is 92.0 Å². The van der Waals surface area contributed by atoms with Crippen molar-refractivity contribution in [3.63, 3.8) is 0 Å². The van der Waals surface area contributed by atoms with Crippen LogP contribution >= 0.6 is 0 Å². The van der Waals surface area contributed by atoms with Gasteiger partial charge in [-0.1, -0.05) is 5.16 Å². The number of halogens is 1. The van der Waals surface area contributed by atoms with Crippen LogP contribution in [0.1, 0.15) is 10.4 Å². The summed E-state index contributed by atoms with van der Waals surface area (Å²) in [6.45, 7) is 0. The summed E-state index contributed by atoms with van der Waals surface area (Å²) in [4.78, 5) is 17.9. The molecule has 1 aromatic carbocycles. The van der Waals surface area contributed by atoms with Crippen LogP contribution < -0.4 is 0 Å². The van der Waals surface area contributed by atoms with Gasteiger partial charge in [0.05, 0.1) is 11.1 Å². The molecule has 0 aliphatic carbocycles. The first kappa shape index (κ1) is 10.5. The smallest absolute Gasteiger partial charge is 0.338 e. The molecule has 0 bridgehead atoms. The minimum absolute atomic E-state index is 0.182. The van der Waals surface area contributed by atoms with Gasteiger partial charge in [0.1, 0.15) is 23.3 Å². The number of carboxylic acids is 1. The lowest BCUT2D eigenvalue weighted by atomic mass is 10.2. The van der Waals surface area contributed by atoms with Crippen molar-refractivity contribution in [3.8, 4) is 11.5 Å². The average molecular weight is 247 g/mol. The Kier molecular flexibility index (Phi) is 2.12. The van der Waals surface area contributed by atoms with E-state index in [-0.39, 0.29) is 11.1 Å². The predicted octanol–water partition coefficient (Wildman–Crippen LogP) is 2.06. The van der Waals surface area contributed by atoms with E-state index >= 15 is 0 Å². The van der Waals surface area contributed by atoms with Crippen LogP contribution in [0, 0.1) is 5.82 Å². The summed E-state index contributed by atoms with van der Waals surface area (Å²) in [5, 5.41) is 12.7. The molecule has 2 heterocycles. The largest absolute Gasteiger partial charge is 0.478 e. The van der Waals surface area contributed by atoms with Gasteiger partial charge in [0.25, 0.3) is 0 Å². The Hall–Kier alpha value is -2.70. The minimum atomic E-state index is -1.24. The highest BCUT2D eigenvalue weighted by molar-refractivity contribution is 6.01. The van der Waals surface area contributed by atoms with Crippen LogP contribution in [0.25, 0.3) is 22.6 Å². The maximum Gasteiger partial charge on any atom is 0.338 e. The number of hydrogen-bond donors (Lipinski definition) is 2. The summed E-state index contributed by atoms with van der Waals surface area (Å²) in [6.07, 6.45) is 1.36. The van der Waals surface area contributed by atoms with E-state index in [0.717, 1.165) is 6.07 Å². The number of H-pyrrole nitrogens is 1. The molecule has 0 fully saturated rings. The van der Waals surface area contributed by atoms with Gasteiger partial charge in [0.2, 0.25) is 0 Å². The molecule has 3 aromatic rings. The Morgan fingerprint density at radius 3 is 2.94 bits per heavy atom. The van der Waals surface area contributed by atoms with Crippen LogP contribution in [0.4, 0.5) is 4.39 Å². The molecular weight excluding hydrogens is 241 g/mol. The summed E-state index contributed by atoms with van der Waals surface area (Å²) in [5.41, 5.74) is 0.700. The van der Waals surface area contributed by atoms with Crippen molar-refractivity contribution in [2.24, 2.45) is 0 Å². The third kappa shape index (κ3) is 1.53. The Bertz CT molecular complexity index is 733. The van der Waals surface area contributed by atoms with E-state index in [9.17, 15) is 9.18 Å². The van der Waals surface area contributed by atoms with Crippen molar-refractivity contribution >= 4 is 17.0 Å². The van der Waals surface area contributed by atoms with Gasteiger partial charge in [-0.05, 0) is 12.1 Å². The number of benzene rings is 1. The van der Waals surface area contributed by atoms with Crippen molar-refractivity contribution in [1.29, 1.82) is 0 Å². The Labute approximate surface area is 99.1 Å². The van der Waals surface area contributed by atoms with Crippen LogP contribution in [0.5, 0.6) is 0 Å². The number of nitrogens with zero attached hydrogens (tertiary/aromatic N) is 2. The fourth-order valence-corrected chi connectivity index (χ4v) is 1.70. The zero-order chi connectivity index (χ0) is 12.7. The molecular formula is C11H6FN3O3. The van der Waals surface area contributed by atoms with Crippen molar-refractivity contribution in [2.45, 2.75) is 0 Å². The van der Waals surface area contributed by atoms with E-state index < -0.39 is 11.8 Å². The molecule has 7 heteroatoms. The number of imidazole rings is 1. The molecule has 0 saturated heterocycles. The summed E-state index contributed by atoms with van der Waals surface area (Å²) in [6, 6.07) is 3.67. The molecule has 0 radical (unpaired) electrons. The SMILES string of the molecule is O=C(O)c1cc(F)cc2[nH]c(-c3ccon3)nc12. The maximum absolute atomic E-state index is 13.3. The molecule has 0 saturated carbocycles. The van der Waals surface area contributed by atoms with Gasteiger partial charge >= 0.3 is 5.97 Å². The monoisotopic (exact) mass is 247 g/mol. The van der Waals surface area contributed by atoms with E-state index in [0.29, 0.717) is 17.0 Å². The number of aromatic carboxylic acids is 1. The minimum Gasteiger partial charge on any atom is -0.478 e. The van der Waals surface area contributed by atoms with E-state index in [1.54, 1.807) is 6.07 Å². The number of carboxylic acid groups (broad SMARTS) is 1. The second-order valence-corrected chi connectivity index (χ2v) is 3.62. The molecule has 0 aliphatic rings. The first-order valence-electron chi connectivity index (χ1n) is 4.98. The standard InChI is InChI=1S/C11H6FN3O3/c12-5-3-6(11(16)17)9-8(4-5)13-10(14-9)7-1-2-18-15-7/h1-4H,(H,13,14)(H,16,17). The van der Waals surface area contributed by atoms with Crippen molar-refractivity contribution < 1.29 is 18.8 Å². The number of nitrogens with one attached hydrogen (secondary N) is 1. The number of carbonyl (C=O) groups is 1. The highest BCUT2D eigenvalue weighted by atomic mass is 19.1. The van der Waals surface area contributed by atoms with Gasteiger partial charge in [-0.2, -0.15) is 0 Å². The maximum atomic E-state index is 13.3. The second kappa shape index (κ2) is 3.66. The van der Waals surface area contributed by atoms with Crippen LogP contribution in [0.2, 0.25) is 0 Å². The van der Waals surface area contributed by atoms with Crippen molar-refractivity contribution in [3.05, 3.63) is 35.8 Å². The van der Waals surface area contributed by atoms with Gasteiger partial charge < -0.3 is 14.6 Å². The third-order valence-corrected chi connectivity index (χ3v) is 2.46. The van der Waals surface area contributed by atoms with Crippen molar-refractivity contribution in [2.75, 3.05) is 0 Å². The fraction of sp³-hybridized carbons (Fsp3) is 0. The normalized spacial score (nSPS) is 10.9. The van der Waals surface area contributed by atoms with Gasteiger partial charge in [-0.3, -0.25) is 0 Å². The lowest BCUT2D eigenvalue weighted by molar-refractivity contribution is 0.0698. The zero-order valence-corrected chi connectivity index (χ0v) is 8.85. The average Bonchev–Trinajstić information content (AvgIpc) is 2.95. The molecule has 0 amide bonds. The first-order chi connectivity index (χ1) is 8.65. The summed E-state index contributed by atoms with van der Waals surface area (Å²) in [7, 11) is 0. The summed E-state index contributed by atoms with van der Waals surface area (Å²) >= 11 is 0. The van der Waals surface area contributed by atoms with Crippen LogP contribution in [-0.2, 0) is 0 Å². The second-order valence-electron chi connectivity index (χ2n) is 3.62. The lowest BCUT2D eigenvalue weighted by Crippen LogP contribution is -1.98. The third-order valence-electron chi connectivity index (χ3n) is 2.46. The van der Waals surface area contributed by atoms with Crippen molar-refractivity contribution in [1.82, 2.24) is 15.1 Å². The molecule has 0 spiro atoms. The van der Waals surface area contributed by atoms with Crippen LogP contribution in [0.15, 0.2) is 29.0 Å². The molecule has 0 atom stereocenters. The molecule has 0 aliphatic heterocycles. The molecule has 0 unspecified atom stereocenters. The number of hydrogen-bond acceptors (Lipinski definition) is 4. The highest BCUT2D eigenvalue weighted by Crippen LogP contribution is 2.23. The molecule has 6 nitrogen and oxygen atoms in total. The molecule has 3 rings (SSSR count). The zero-order valence-electron chi connectivity index (χ0n) is 8.85. The Morgan fingerprint density at radius 2 is 2.28 bits per heavy atom. The van der Waals surface area contributed by atoms with E-state index in [4.69, 9.17) is 5.11 Å². The first-order valence-corrected chi connectivity index (χ1v) is 4.98. The van der Waals surface area contributed by atoms with Gasteiger partial charge in [-0.15, -0.1) is 0 Å². The number of fused-ring (bicyclic) bond motifs is 1. The number of aromatic nitrogens is 3. The quantitative estimate of drug-likeness (QED) is 0.723. The van der Waals surface area contributed by atoms with E-state index in [2.05, 4.69) is 19.6 Å². The van der Waals surface area contributed by atoms with Crippen LogP contribution in [-0.4, -0.2) is 26.2 Å². The molecule has 2 aromatic heterocycles. The summed E-state index contributed by atoms with van der Waals surface area (Å²) < 4.78 is 17.9. The predicted molar refractivity (Wildman–Crippen MR) is 58.5 cm³/mol. The molecule has 90 valence electrons. The summed E-state index contributed by atoms with van der Waals surface area (Å²) in [5.74, 6) is -1.56. The van der Waals surface area contributed by atoms with Gasteiger partial charge in [-0.25, -0.2) is 14.2 Å². The number of aromatic amines is 1. The van der Waals surface area contributed by atoms with Gasteiger partial charge in [0.15, 0.2) is 5.82 Å². The molecule has 18 heavy (non-hydrogen) atoms. The highest BCUT2D eigenvalue weighted by Gasteiger charge is 2.16. The van der Waals surface area contributed by atoms with E-state index in [1.807, 2.05) is 0 Å². The Morgan fingerprint density at radius 1 is 1.44 bits per heavy atom. The fourth-order valence-electron chi connectivity index (χ4n) is 1.70. The lowest BCUT2D eigenvalue weighted by Gasteiger charge is -1.95. The number of rotatable bonds is 2. The van der Waals surface area contributed by atoms with E-state index in [1.165, 1.54) is 12.3 Å². The Balaban J connectivity index is 2.29.